The SMILES string of the molecule is CCCC(O)c1cn(C2C(OC(C)=O)[C@@H](Sc3ccc(Cl)c(Cl)c3)OC(COC(C)=O)[C@@H]2OC(C)=O)nn1. The van der Waals surface area contributed by atoms with Crippen molar-refractivity contribution in [1.29, 1.82) is 0 Å². The predicted molar refractivity (Wildman–Crippen MR) is 138 cm³/mol. The molecule has 208 valence electrons. The van der Waals surface area contributed by atoms with E-state index in [1.807, 2.05) is 6.92 Å². The lowest BCUT2D eigenvalue weighted by Crippen LogP contribution is -2.57. The molecule has 1 aromatic heterocycles. The summed E-state index contributed by atoms with van der Waals surface area (Å²) >= 11 is 13.4. The Hall–Kier alpha value is -2.38. The second-order valence-electron chi connectivity index (χ2n) is 8.61. The maximum Gasteiger partial charge on any atom is 0.303 e. The van der Waals surface area contributed by atoms with Crippen LogP contribution in [-0.4, -0.2) is 68.4 Å². The summed E-state index contributed by atoms with van der Waals surface area (Å²) in [4.78, 5) is 36.6. The van der Waals surface area contributed by atoms with E-state index in [0.717, 1.165) is 0 Å². The third kappa shape index (κ3) is 7.82. The predicted octanol–water partition coefficient (Wildman–Crippen LogP) is 3.90. The smallest absolute Gasteiger partial charge is 0.303 e. The number of halogens is 2. The van der Waals surface area contributed by atoms with E-state index in [9.17, 15) is 19.5 Å². The highest BCUT2D eigenvalue weighted by atomic mass is 35.5. The first-order chi connectivity index (χ1) is 18.0. The van der Waals surface area contributed by atoms with E-state index in [-0.39, 0.29) is 6.61 Å². The Labute approximate surface area is 234 Å². The van der Waals surface area contributed by atoms with Gasteiger partial charge < -0.3 is 24.1 Å². The monoisotopic (exact) mass is 589 g/mol. The van der Waals surface area contributed by atoms with Gasteiger partial charge in [-0.1, -0.05) is 53.5 Å². The van der Waals surface area contributed by atoms with E-state index in [1.54, 1.807) is 18.2 Å². The third-order valence-corrected chi connectivity index (χ3v) is 7.43. The van der Waals surface area contributed by atoms with E-state index < -0.39 is 53.8 Å². The molecule has 6 atom stereocenters. The fourth-order valence-corrected chi connectivity index (χ4v) is 5.49. The zero-order valence-corrected chi connectivity index (χ0v) is 23.5. The van der Waals surface area contributed by atoms with Crippen LogP contribution in [0.3, 0.4) is 0 Å². The zero-order chi connectivity index (χ0) is 28.0. The van der Waals surface area contributed by atoms with Crippen LogP contribution in [0.25, 0.3) is 0 Å². The largest absolute Gasteiger partial charge is 0.463 e. The summed E-state index contributed by atoms with van der Waals surface area (Å²) in [6, 6.07) is 4.01. The van der Waals surface area contributed by atoms with Crippen LogP contribution < -0.4 is 0 Å². The highest BCUT2D eigenvalue weighted by Crippen LogP contribution is 2.42. The molecule has 1 saturated heterocycles. The van der Waals surface area contributed by atoms with Crippen molar-refractivity contribution in [3.63, 3.8) is 0 Å². The second-order valence-corrected chi connectivity index (χ2v) is 10.6. The van der Waals surface area contributed by atoms with Crippen molar-refractivity contribution in [2.75, 3.05) is 6.61 Å². The maximum atomic E-state index is 12.2. The molecule has 0 saturated carbocycles. The van der Waals surface area contributed by atoms with Gasteiger partial charge in [0.2, 0.25) is 0 Å². The van der Waals surface area contributed by atoms with Crippen molar-refractivity contribution in [3.05, 3.63) is 40.1 Å². The van der Waals surface area contributed by atoms with Crippen molar-refractivity contribution >= 4 is 52.9 Å². The second kappa shape index (κ2) is 13.6. The normalized spacial score (nSPS) is 23.9. The molecule has 1 aromatic carbocycles. The number of ether oxygens (including phenoxy) is 4. The van der Waals surface area contributed by atoms with Crippen molar-refractivity contribution in [2.45, 2.75) is 81.3 Å². The molecule has 4 unspecified atom stereocenters. The first kappa shape index (κ1) is 30.2. The number of hydrogen-bond acceptors (Lipinski definition) is 11. The number of aliphatic hydroxyl groups excluding tert-OH is 1. The van der Waals surface area contributed by atoms with Crippen LogP contribution in [0.2, 0.25) is 10.0 Å². The molecule has 0 bridgehead atoms. The van der Waals surface area contributed by atoms with Gasteiger partial charge in [-0.25, -0.2) is 4.68 Å². The van der Waals surface area contributed by atoms with Gasteiger partial charge in [0.1, 0.15) is 29.9 Å². The number of rotatable bonds is 10. The lowest BCUT2D eigenvalue weighted by atomic mass is 9.96. The van der Waals surface area contributed by atoms with Gasteiger partial charge in [-0.15, -0.1) is 5.10 Å². The Morgan fingerprint density at radius 2 is 1.79 bits per heavy atom. The van der Waals surface area contributed by atoms with Crippen LogP contribution >= 0.6 is 35.0 Å². The number of nitrogens with zero attached hydrogens (tertiary/aromatic N) is 3. The standard InChI is InChI=1S/C24H29Cl2N3O8S/c1-5-6-19(33)18-10-29(28-27-18)21-22(35-13(3)31)20(11-34-12(2)30)37-24(23(21)36-14(4)32)38-15-7-8-16(25)17(26)9-15/h7-10,19-24,33H,5-6,11H2,1-4H3/t19?,20?,21?,22-,23?,24+/m0/s1. The van der Waals surface area contributed by atoms with E-state index in [4.69, 9.17) is 42.1 Å². The number of carbonyl (C=O) groups is 3. The average molecular weight is 590 g/mol. The molecule has 11 nitrogen and oxygen atoms in total. The number of aromatic nitrogens is 3. The number of hydrogen-bond donors (Lipinski definition) is 1. The van der Waals surface area contributed by atoms with E-state index in [0.29, 0.717) is 33.5 Å². The molecule has 14 heteroatoms. The molecular formula is C24H29Cl2N3O8S. The van der Waals surface area contributed by atoms with Crippen LogP contribution in [0, 0.1) is 0 Å². The van der Waals surface area contributed by atoms with Crippen LogP contribution in [0.15, 0.2) is 29.3 Å². The minimum absolute atomic E-state index is 0.255. The highest BCUT2D eigenvalue weighted by molar-refractivity contribution is 7.99. The molecule has 38 heavy (non-hydrogen) atoms. The molecule has 1 fully saturated rings. The number of aliphatic hydroxyl groups is 1. The Morgan fingerprint density at radius 1 is 1.11 bits per heavy atom. The van der Waals surface area contributed by atoms with Crippen molar-refractivity contribution in [1.82, 2.24) is 15.0 Å². The van der Waals surface area contributed by atoms with Crippen LogP contribution in [-0.2, 0) is 33.3 Å². The van der Waals surface area contributed by atoms with Gasteiger partial charge >= 0.3 is 17.9 Å². The topological polar surface area (TPSA) is 139 Å². The number of carbonyl (C=O) groups excluding carboxylic acids is 3. The fourth-order valence-electron chi connectivity index (χ4n) is 3.97. The van der Waals surface area contributed by atoms with Crippen LogP contribution in [0.4, 0.5) is 0 Å². The van der Waals surface area contributed by atoms with Crippen molar-refractivity contribution in [2.24, 2.45) is 0 Å². The van der Waals surface area contributed by atoms with Gasteiger partial charge in [0.25, 0.3) is 0 Å². The molecule has 3 rings (SSSR count). The lowest BCUT2D eigenvalue weighted by molar-refractivity contribution is -0.212. The van der Waals surface area contributed by atoms with Crippen molar-refractivity contribution in [3.8, 4) is 0 Å². The first-order valence-corrected chi connectivity index (χ1v) is 13.5. The van der Waals surface area contributed by atoms with E-state index in [2.05, 4.69) is 10.3 Å². The summed E-state index contributed by atoms with van der Waals surface area (Å²) in [5.41, 5.74) is -0.589. The molecule has 1 N–H and O–H groups in total. The van der Waals surface area contributed by atoms with Gasteiger partial charge in [0, 0.05) is 25.7 Å². The Balaban J connectivity index is 2.09. The van der Waals surface area contributed by atoms with Gasteiger partial charge in [0.05, 0.1) is 22.3 Å². The molecule has 1 aliphatic heterocycles. The summed E-state index contributed by atoms with van der Waals surface area (Å²) in [5, 5.41) is 19.4. The molecule has 0 amide bonds. The van der Waals surface area contributed by atoms with Gasteiger partial charge in [-0.2, -0.15) is 0 Å². The summed E-state index contributed by atoms with van der Waals surface area (Å²) in [6.45, 7) is 5.36. The molecular weight excluding hydrogens is 561 g/mol. The van der Waals surface area contributed by atoms with E-state index in [1.165, 1.54) is 43.4 Å². The molecule has 2 aromatic rings. The molecule has 0 spiro atoms. The van der Waals surface area contributed by atoms with Crippen molar-refractivity contribution < 1.29 is 38.4 Å². The summed E-state index contributed by atoms with van der Waals surface area (Å²) in [5.74, 6) is -1.82. The summed E-state index contributed by atoms with van der Waals surface area (Å²) in [7, 11) is 0. The lowest BCUT2D eigenvalue weighted by Gasteiger charge is -2.44. The minimum atomic E-state index is -1.10. The molecule has 0 aliphatic carbocycles. The summed E-state index contributed by atoms with van der Waals surface area (Å²) in [6.07, 6.45) is -1.31. The number of thioether (sulfide) groups is 1. The maximum absolute atomic E-state index is 12.2. The quantitative estimate of drug-likeness (QED) is 0.318. The first-order valence-electron chi connectivity index (χ1n) is 11.8. The molecule has 0 radical (unpaired) electrons. The fraction of sp³-hybridized carbons (Fsp3) is 0.542. The minimum Gasteiger partial charge on any atom is -0.463 e. The third-order valence-electron chi connectivity index (χ3n) is 5.55. The average Bonchev–Trinajstić information content (AvgIpc) is 3.31. The van der Waals surface area contributed by atoms with Crippen LogP contribution in [0.1, 0.15) is 58.4 Å². The highest BCUT2D eigenvalue weighted by Gasteiger charge is 2.52. The van der Waals surface area contributed by atoms with E-state index >= 15 is 0 Å². The zero-order valence-electron chi connectivity index (χ0n) is 21.2. The molecule has 2 heterocycles. The number of esters is 3. The summed E-state index contributed by atoms with van der Waals surface area (Å²) < 4.78 is 24.1. The Kier molecular flexibility index (Phi) is 10.8. The Morgan fingerprint density at radius 3 is 2.39 bits per heavy atom. The number of benzene rings is 1. The van der Waals surface area contributed by atoms with Gasteiger partial charge in [0.15, 0.2) is 12.2 Å². The molecule has 1 aliphatic rings. The van der Waals surface area contributed by atoms with Gasteiger partial charge in [-0.3, -0.25) is 14.4 Å². The van der Waals surface area contributed by atoms with Gasteiger partial charge in [-0.05, 0) is 24.6 Å². The Bertz CT molecular complexity index is 1150. The van der Waals surface area contributed by atoms with Crippen LogP contribution in [0.5, 0.6) is 0 Å².